The maximum Gasteiger partial charge on any atom is 0.252 e. The molecule has 0 unspecified atom stereocenters. The van der Waals surface area contributed by atoms with E-state index in [4.69, 9.17) is 0 Å². The van der Waals surface area contributed by atoms with Crippen molar-refractivity contribution in [1.29, 1.82) is 0 Å². The highest BCUT2D eigenvalue weighted by molar-refractivity contribution is 5.18. The van der Waals surface area contributed by atoms with Gasteiger partial charge in [0, 0.05) is 12.3 Å². The van der Waals surface area contributed by atoms with Crippen LogP contribution in [0.4, 0.5) is 0 Å². The number of nitrogens with one attached hydrogen (secondary N) is 1. The second-order valence-electron chi connectivity index (χ2n) is 2.67. The van der Waals surface area contributed by atoms with E-state index in [-0.39, 0.29) is 5.56 Å². The third kappa shape index (κ3) is 1.48. The van der Waals surface area contributed by atoms with E-state index in [1.54, 1.807) is 10.9 Å². The van der Waals surface area contributed by atoms with Crippen molar-refractivity contribution in [2.24, 2.45) is 0 Å². The first-order valence-electron chi connectivity index (χ1n) is 3.83. The van der Waals surface area contributed by atoms with Crippen LogP contribution in [0.2, 0.25) is 0 Å². The SMILES string of the molecule is Cc1ccn(-c2cc(=O)[nH]cn2)n1. The first-order valence-corrected chi connectivity index (χ1v) is 3.83. The van der Waals surface area contributed by atoms with Gasteiger partial charge in [0.15, 0.2) is 5.82 Å². The van der Waals surface area contributed by atoms with Gasteiger partial charge in [0.05, 0.1) is 12.0 Å². The molecule has 0 aliphatic carbocycles. The van der Waals surface area contributed by atoms with Gasteiger partial charge in [0.2, 0.25) is 0 Å². The summed E-state index contributed by atoms with van der Waals surface area (Å²) in [6.45, 7) is 1.88. The van der Waals surface area contributed by atoms with E-state index < -0.39 is 0 Å². The average molecular weight is 176 g/mol. The molecule has 0 aliphatic heterocycles. The second kappa shape index (κ2) is 2.85. The molecule has 0 saturated heterocycles. The van der Waals surface area contributed by atoms with E-state index in [9.17, 15) is 4.79 Å². The van der Waals surface area contributed by atoms with Crippen LogP contribution in [-0.2, 0) is 0 Å². The van der Waals surface area contributed by atoms with Crippen molar-refractivity contribution in [2.45, 2.75) is 6.92 Å². The third-order valence-electron chi connectivity index (χ3n) is 1.62. The highest BCUT2D eigenvalue weighted by atomic mass is 16.1. The van der Waals surface area contributed by atoms with Crippen molar-refractivity contribution in [2.75, 3.05) is 0 Å². The van der Waals surface area contributed by atoms with Crippen molar-refractivity contribution < 1.29 is 0 Å². The zero-order valence-electron chi connectivity index (χ0n) is 7.06. The molecule has 2 aromatic rings. The van der Waals surface area contributed by atoms with Gasteiger partial charge in [-0.25, -0.2) is 9.67 Å². The Hall–Kier alpha value is -1.91. The number of nitrogens with zero attached hydrogens (tertiary/aromatic N) is 3. The Bertz CT molecular complexity index is 471. The Morgan fingerprint density at radius 3 is 3.00 bits per heavy atom. The van der Waals surface area contributed by atoms with Gasteiger partial charge < -0.3 is 4.98 Å². The maximum atomic E-state index is 10.9. The molecule has 0 fully saturated rings. The molecular formula is C8H8N4O. The van der Waals surface area contributed by atoms with Gasteiger partial charge >= 0.3 is 0 Å². The van der Waals surface area contributed by atoms with Crippen molar-refractivity contribution in [3.63, 3.8) is 0 Å². The predicted molar refractivity (Wildman–Crippen MR) is 46.7 cm³/mol. The monoisotopic (exact) mass is 176 g/mol. The summed E-state index contributed by atoms with van der Waals surface area (Å²) in [6.07, 6.45) is 3.12. The summed E-state index contributed by atoms with van der Waals surface area (Å²) in [5.41, 5.74) is 0.709. The van der Waals surface area contributed by atoms with Crippen LogP contribution in [0.25, 0.3) is 5.82 Å². The van der Waals surface area contributed by atoms with Gasteiger partial charge in [-0.1, -0.05) is 0 Å². The van der Waals surface area contributed by atoms with Crippen LogP contribution >= 0.6 is 0 Å². The molecule has 0 saturated carbocycles. The Kier molecular flexibility index (Phi) is 1.70. The molecule has 5 nitrogen and oxygen atoms in total. The van der Waals surface area contributed by atoms with E-state index in [2.05, 4.69) is 15.1 Å². The molecule has 5 heteroatoms. The van der Waals surface area contributed by atoms with E-state index in [1.807, 2.05) is 13.0 Å². The summed E-state index contributed by atoms with van der Waals surface area (Å²) >= 11 is 0. The van der Waals surface area contributed by atoms with Crippen molar-refractivity contribution in [3.05, 3.63) is 40.7 Å². The molecule has 2 heterocycles. The summed E-state index contributed by atoms with van der Waals surface area (Å²) in [5, 5.41) is 4.12. The molecule has 0 radical (unpaired) electrons. The van der Waals surface area contributed by atoms with Gasteiger partial charge in [-0.15, -0.1) is 0 Å². The van der Waals surface area contributed by atoms with Crippen LogP contribution in [0.15, 0.2) is 29.5 Å². The molecule has 0 atom stereocenters. The van der Waals surface area contributed by atoms with Crippen LogP contribution in [0.3, 0.4) is 0 Å². The summed E-state index contributed by atoms with van der Waals surface area (Å²) in [5.74, 6) is 0.525. The highest BCUT2D eigenvalue weighted by Crippen LogP contribution is 1.99. The van der Waals surface area contributed by atoms with Gasteiger partial charge in [0.25, 0.3) is 5.56 Å². The molecule has 66 valence electrons. The molecule has 1 N–H and O–H groups in total. The van der Waals surface area contributed by atoms with Crippen LogP contribution in [0, 0.1) is 6.92 Å². The molecule has 0 bridgehead atoms. The topological polar surface area (TPSA) is 63.6 Å². The summed E-state index contributed by atoms with van der Waals surface area (Å²) in [6, 6.07) is 3.25. The van der Waals surface area contributed by atoms with Crippen molar-refractivity contribution in [3.8, 4) is 5.82 Å². The lowest BCUT2D eigenvalue weighted by atomic mass is 10.5. The molecule has 2 aromatic heterocycles. The van der Waals surface area contributed by atoms with E-state index in [0.717, 1.165) is 5.69 Å². The van der Waals surface area contributed by atoms with Crippen LogP contribution in [0.1, 0.15) is 5.69 Å². The Labute approximate surface area is 74.1 Å². The number of aryl methyl sites for hydroxylation is 1. The molecule has 13 heavy (non-hydrogen) atoms. The van der Waals surface area contributed by atoms with Crippen LogP contribution in [0.5, 0.6) is 0 Å². The summed E-state index contributed by atoms with van der Waals surface area (Å²) < 4.78 is 1.56. The van der Waals surface area contributed by atoms with Gasteiger partial charge in [-0.2, -0.15) is 5.10 Å². The van der Waals surface area contributed by atoms with Crippen molar-refractivity contribution in [1.82, 2.24) is 19.7 Å². The number of rotatable bonds is 1. The average Bonchev–Trinajstić information content (AvgIpc) is 2.52. The fourth-order valence-corrected chi connectivity index (χ4v) is 1.03. The van der Waals surface area contributed by atoms with E-state index >= 15 is 0 Å². The maximum absolute atomic E-state index is 10.9. The number of hydrogen-bond donors (Lipinski definition) is 1. The second-order valence-corrected chi connectivity index (χ2v) is 2.67. The van der Waals surface area contributed by atoms with Crippen molar-refractivity contribution >= 4 is 0 Å². The lowest BCUT2D eigenvalue weighted by Gasteiger charge is -1.96. The van der Waals surface area contributed by atoms with Crippen LogP contribution in [-0.4, -0.2) is 19.7 Å². The molecule has 0 aliphatic rings. The van der Waals surface area contributed by atoms with Crippen LogP contribution < -0.4 is 5.56 Å². The predicted octanol–water partition coefficient (Wildman–Crippen LogP) is 0.264. The number of H-pyrrole nitrogens is 1. The fraction of sp³-hybridized carbons (Fsp3) is 0.125. The zero-order valence-corrected chi connectivity index (χ0v) is 7.06. The number of hydrogen-bond acceptors (Lipinski definition) is 3. The molecule has 0 aromatic carbocycles. The minimum absolute atomic E-state index is 0.182. The molecule has 0 amide bonds. The van der Waals surface area contributed by atoms with Gasteiger partial charge in [-0.3, -0.25) is 4.79 Å². The highest BCUT2D eigenvalue weighted by Gasteiger charge is 1.98. The Morgan fingerprint density at radius 1 is 1.54 bits per heavy atom. The standard InChI is InChI=1S/C8H8N4O/c1-6-2-3-12(11-6)7-4-8(13)10-5-9-7/h2-5H,1H3,(H,9,10,13). The lowest BCUT2D eigenvalue weighted by molar-refractivity contribution is 0.822. The quantitative estimate of drug-likeness (QED) is 0.678. The summed E-state index contributed by atoms with van der Waals surface area (Å²) in [4.78, 5) is 17.3. The molecule has 0 spiro atoms. The minimum atomic E-state index is -0.182. The Balaban J connectivity index is 2.52. The van der Waals surface area contributed by atoms with Gasteiger partial charge in [0.1, 0.15) is 0 Å². The Morgan fingerprint density at radius 2 is 2.38 bits per heavy atom. The molecular weight excluding hydrogens is 168 g/mol. The smallest absolute Gasteiger partial charge is 0.252 e. The summed E-state index contributed by atoms with van der Waals surface area (Å²) in [7, 11) is 0. The lowest BCUT2D eigenvalue weighted by Crippen LogP contribution is -2.08. The van der Waals surface area contributed by atoms with E-state index in [1.165, 1.54) is 12.4 Å². The molecule has 2 rings (SSSR count). The van der Waals surface area contributed by atoms with E-state index in [0.29, 0.717) is 5.82 Å². The number of aromatic amines is 1. The van der Waals surface area contributed by atoms with Gasteiger partial charge in [-0.05, 0) is 13.0 Å². The minimum Gasteiger partial charge on any atom is -0.313 e. The fourth-order valence-electron chi connectivity index (χ4n) is 1.03. The zero-order chi connectivity index (χ0) is 9.26. The number of aromatic nitrogens is 4. The normalized spacial score (nSPS) is 10.2. The largest absolute Gasteiger partial charge is 0.313 e. The third-order valence-corrected chi connectivity index (χ3v) is 1.62. The first-order chi connectivity index (χ1) is 6.25. The first kappa shape index (κ1) is 7.72.